The number of hydrazine groups is 1. The van der Waals surface area contributed by atoms with Crippen molar-refractivity contribution in [3.63, 3.8) is 0 Å². The zero-order chi connectivity index (χ0) is 15.8. The van der Waals surface area contributed by atoms with Gasteiger partial charge in [0.2, 0.25) is 0 Å². The number of nitrogens with one attached hydrogen (secondary N) is 2. The maximum Gasteiger partial charge on any atom is 0.328 e. The molecule has 0 atom stereocenters. The monoisotopic (exact) mass is 292 g/mol. The van der Waals surface area contributed by atoms with Crippen molar-refractivity contribution in [1.82, 2.24) is 10.9 Å². The highest BCUT2D eigenvalue weighted by Gasteiger charge is 2.05. The Morgan fingerprint density at radius 1 is 1.19 bits per heavy atom. The lowest BCUT2D eigenvalue weighted by Gasteiger charge is -2.10. The molecule has 0 radical (unpaired) electrons. The summed E-state index contributed by atoms with van der Waals surface area (Å²) in [5.41, 5.74) is 6.11. The third-order valence-corrected chi connectivity index (χ3v) is 2.39. The van der Waals surface area contributed by atoms with Gasteiger partial charge in [-0.15, -0.1) is 0 Å². The molecule has 0 fully saturated rings. The molecule has 0 aromatic heterocycles. The molecule has 0 bridgehead atoms. The molecule has 0 aliphatic heterocycles. The molecule has 1 aromatic carbocycles. The lowest BCUT2D eigenvalue weighted by molar-refractivity contribution is -0.131. The minimum absolute atomic E-state index is 0.271. The number of ether oxygens (including phenoxy) is 1. The zero-order valence-electron chi connectivity index (χ0n) is 11.7. The fourth-order valence-corrected chi connectivity index (χ4v) is 1.46. The van der Waals surface area contributed by atoms with E-state index in [1.165, 1.54) is 0 Å². The van der Waals surface area contributed by atoms with Crippen LogP contribution in [-0.4, -0.2) is 29.5 Å². The summed E-state index contributed by atoms with van der Waals surface area (Å²) < 4.78 is 5.31. The minimum atomic E-state index is -1.25. The third kappa shape index (κ3) is 6.24. The Labute approximate surface area is 121 Å². The van der Waals surface area contributed by atoms with Crippen LogP contribution in [0.2, 0.25) is 0 Å². The molecule has 112 valence electrons. The Morgan fingerprint density at radius 2 is 1.90 bits per heavy atom. The molecule has 21 heavy (non-hydrogen) atoms. The van der Waals surface area contributed by atoms with Crippen LogP contribution in [-0.2, 0) is 14.4 Å². The van der Waals surface area contributed by atoms with Gasteiger partial charge in [-0.2, -0.15) is 0 Å². The van der Waals surface area contributed by atoms with Gasteiger partial charge in [0, 0.05) is 12.2 Å². The quantitative estimate of drug-likeness (QED) is 0.540. The van der Waals surface area contributed by atoms with E-state index in [1.807, 2.05) is 31.4 Å². The molecule has 0 spiro atoms. The Kier molecular flexibility index (Phi) is 5.94. The van der Waals surface area contributed by atoms with Crippen molar-refractivity contribution in [2.24, 2.45) is 0 Å². The first-order valence-electron chi connectivity index (χ1n) is 6.08. The number of aliphatic carboxylic acids is 1. The van der Waals surface area contributed by atoms with E-state index < -0.39 is 17.8 Å². The fraction of sp³-hybridized carbons (Fsp3) is 0.214. The first-order valence-corrected chi connectivity index (χ1v) is 6.08. The predicted octanol–water partition coefficient (Wildman–Crippen LogP) is 0.470. The number of amides is 2. The average Bonchev–Trinajstić information content (AvgIpc) is 2.41. The summed E-state index contributed by atoms with van der Waals surface area (Å²) in [5, 5.41) is 8.32. The number of hydrogen-bond acceptors (Lipinski definition) is 4. The molecule has 2 amide bonds. The topological polar surface area (TPSA) is 105 Å². The van der Waals surface area contributed by atoms with Gasteiger partial charge < -0.3 is 9.84 Å². The second-order valence-corrected chi connectivity index (χ2v) is 4.27. The van der Waals surface area contributed by atoms with Crippen LogP contribution in [0, 0.1) is 13.8 Å². The van der Waals surface area contributed by atoms with E-state index in [-0.39, 0.29) is 6.61 Å². The van der Waals surface area contributed by atoms with Gasteiger partial charge in [0.05, 0.1) is 0 Å². The summed E-state index contributed by atoms with van der Waals surface area (Å²) in [4.78, 5) is 32.7. The molecule has 0 saturated carbocycles. The Bertz CT molecular complexity index is 581. The average molecular weight is 292 g/mol. The predicted molar refractivity (Wildman–Crippen MR) is 74.5 cm³/mol. The van der Waals surface area contributed by atoms with E-state index in [2.05, 4.69) is 5.43 Å². The lowest BCUT2D eigenvalue weighted by Crippen LogP contribution is -2.43. The summed E-state index contributed by atoms with van der Waals surface area (Å²) in [6.07, 6.45) is 1.45. The number of aryl methyl sites for hydroxylation is 2. The van der Waals surface area contributed by atoms with Gasteiger partial charge in [0.1, 0.15) is 5.75 Å². The minimum Gasteiger partial charge on any atom is -0.483 e. The second kappa shape index (κ2) is 7.68. The molecule has 3 N–H and O–H groups in total. The number of rotatable bonds is 5. The summed E-state index contributed by atoms with van der Waals surface area (Å²) in [5.74, 6) is -1.99. The van der Waals surface area contributed by atoms with Crippen LogP contribution in [0.1, 0.15) is 11.1 Å². The highest BCUT2D eigenvalue weighted by Crippen LogP contribution is 2.18. The van der Waals surface area contributed by atoms with Crippen molar-refractivity contribution in [2.45, 2.75) is 13.8 Å². The number of carbonyl (C=O) groups excluding carboxylic acids is 2. The van der Waals surface area contributed by atoms with E-state index in [9.17, 15) is 14.4 Å². The first kappa shape index (κ1) is 16.2. The van der Waals surface area contributed by atoms with E-state index in [0.29, 0.717) is 11.8 Å². The van der Waals surface area contributed by atoms with Gasteiger partial charge in [-0.3, -0.25) is 20.4 Å². The summed E-state index contributed by atoms with van der Waals surface area (Å²) in [6.45, 7) is 3.54. The van der Waals surface area contributed by atoms with Gasteiger partial charge in [-0.25, -0.2) is 4.79 Å². The molecular weight excluding hydrogens is 276 g/mol. The van der Waals surface area contributed by atoms with Crippen LogP contribution in [0.3, 0.4) is 0 Å². The van der Waals surface area contributed by atoms with Gasteiger partial charge in [-0.05, 0) is 25.5 Å². The van der Waals surface area contributed by atoms with Crippen molar-refractivity contribution in [1.29, 1.82) is 0 Å². The Balaban J connectivity index is 2.37. The van der Waals surface area contributed by atoms with Gasteiger partial charge in [0.25, 0.3) is 11.8 Å². The summed E-state index contributed by atoms with van der Waals surface area (Å²) >= 11 is 0. The molecule has 1 aromatic rings. The summed E-state index contributed by atoms with van der Waals surface area (Å²) in [6, 6.07) is 5.54. The largest absolute Gasteiger partial charge is 0.483 e. The number of carboxylic acids is 1. The standard InChI is InChI=1S/C14H16N2O5/c1-9-3-4-11(10(2)7-9)21-8-13(18)16-15-12(17)5-6-14(19)20/h3-7H,8H2,1-2H3,(H,15,17)(H,16,18)(H,19,20)/b6-5+. The fourth-order valence-electron chi connectivity index (χ4n) is 1.46. The van der Waals surface area contributed by atoms with Crippen molar-refractivity contribution in [2.75, 3.05) is 6.61 Å². The van der Waals surface area contributed by atoms with Crippen LogP contribution in [0.5, 0.6) is 5.75 Å². The molecule has 0 heterocycles. The third-order valence-electron chi connectivity index (χ3n) is 2.39. The van der Waals surface area contributed by atoms with E-state index >= 15 is 0 Å². The van der Waals surface area contributed by atoms with E-state index in [4.69, 9.17) is 9.84 Å². The van der Waals surface area contributed by atoms with Crippen LogP contribution in [0.4, 0.5) is 0 Å². The number of carboxylic acid groups (broad SMARTS) is 1. The van der Waals surface area contributed by atoms with Crippen molar-refractivity contribution < 1.29 is 24.2 Å². The Morgan fingerprint density at radius 3 is 2.52 bits per heavy atom. The van der Waals surface area contributed by atoms with Crippen molar-refractivity contribution in [3.8, 4) is 5.75 Å². The van der Waals surface area contributed by atoms with Crippen LogP contribution in [0.25, 0.3) is 0 Å². The van der Waals surface area contributed by atoms with Gasteiger partial charge >= 0.3 is 5.97 Å². The second-order valence-electron chi connectivity index (χ2n) is 4.27. The van der Waals surface area contributed by atoms with Gasteiger partial charge in [0.15, 0.2) is 6.61 Å². The summed E-state index contributed by atoms with van der Waals surface area (Å²) in [7, 11) is 0. The van der Waals surface area contributed by atoms with Crippen molar-refractivity contribution in [3.05, 3.63) is 41.5 Å². The molecular formula is C14H16N2O5. The number of benzene rings is 1. The molecule has 0 aliphatic carbocycles. The SMILES string of the molecule is Cc1ccc(OCC(=O)NNC(=O)/C=C/C(=O)O)c(C)c1. The molecule has 7 nitrogen and oxygen atoms in total. The maximum atomic E-state index is 11.4. The smallest absolute Gasteiger partial charge is 0.328 e. The molecule has 1 rings (SSSR count). The molecule has 7 heteroatoms. The number of hydrogen-bond donors (Lipinski definition) is 3. The lowest BCUT2D eigenvalue weighted by atomic mass is 10.1. The molecule has 0 unspecified atom stereocenters. The maximum absolute atomic E-state index is 11.4. The Hall–Kier alpha value is -2.83. The number of carbonyl (C=O) groups is 3. The zero-order valence-corrected chi connectivity index (χ0v) is 11.7. The molecule has 0 aliphatic rings. The van der Waals surface area contributed by atoms with Crippen molar-refractivity contribution >= 4 is 17.8 Å². The van der Waals surface area contributed by atoms with Crippen LogP contribution < -0.4 is 15.6 Å². The van der Waals surface area contributed by atoms with E-state index in [1.54, 1.807) is 6.07 Å². The first-order chi connectivity index (χ1) is 9.88. The highest BCUT2D eigenvalue weighted by molar-refractivity contribution is 5.94. The molecule has 0 saturated heterocycles. The highest BCUT2D eigenvalue weighted by atomic mass is 16.5. The normalized spacial score (nSPS) is 10.2. The van der Waals surface area contributed by atoms with Gasteiger partial charge in [-0.1, -0.05) is 17.7 Å². The van der Waals surface area contributed by atoms with Crippen LogP contribution >= 0.6 is 0 Å². The van der Waals surface area contributed by atoms with E-state index in [0.717, 1.165) is 17.2 Å². The van der Waals surface area contributed by atoms with Crippen LogP contribution in [0.15, 0.2) is 30.4 Å².